The largest absolute Gasteiger partial charge is 0.496 e. The minimum atomic E-state index is -4.47. The van der Waals surface area contributed by atoms with E-state index < -0.39 is 11.7 Å². The van der Waals surface area contributed by atoms with E-state index in [0.717, 1.165) is 17.4 Å². The molecule has 0 aliphatic carbocycles. The van der Waals surface area contributed by atoms with Crippen LogP contribution >= 0.6 is 28.3 Å². The first kappa shape index (κ1) is 24.5. The maximum absolute atomic E-state index is 13.2. The lowest BCUT2D eigenvalue weighted by Crippen LogP contribution is -2.22. The fourth-order valence-corrected chi connectivity index (χ4v) is 3.52. The number of rotatable bonds is 6. The molecule has 0 amide bonds. The molecule has 1 heterocycles. The Morgan fingerprint density at radius 3 is 2.35 bits per heavy atom. The molecule has 31 heavy (non-hydrogen) atoms. The number of methoxy groups -OCH3 is 2. The number of nitrogens with two attached hydrogens (primary N) is 1. The van der Waals surface area contributed by atoms with Crippen molar-refractivity contribution in [1.82, 2.24) is 4.98 Å². The summed E-state index contributed by atoms with van der Waals surface area (Å²) in [4.78, 5) is 8.47. The van der Waals surface area contributed by atoms with E-state index in [1.807, 2.05) is 0 Å². The number of ether oxygens (including phenoxy) is 2. The smallest absolute Gasteiger partial charge is 0.417 e. The third-order valence-corrected chi connectivity index (χ3v) is 4.94. The van der Waals surface area contributed by atoms with Gasteiger partial charge in [0.1, 0.15) is 11.5 Å². The van der Waals surface area contributed by atoms with Crippen molar-refractivity contribution in [3.8, 4) is 22.8 Å². The van der Waals surface area contributed by atoms with Crippen molar-refractivity contribution in [3.05, 3.63) is 59.0 Å². The molecular formula is C20H20BrF3N4O2S. The van der Waals surface area contributed by atoms with Crippen LogP contribution in [0.1, 0.15) is 11.1 Å². The van der Waals surface area contributed by atoms with Gasteiger partial charge in [-0.1, -0.05) is 24.3 Å². The molecule has 0 aliphatic rings. The van der Waals surface area contributed by atoms with Crippen LogP contribution in [-0.2, 0) is 12.7 Å². The SMILES string of the molecule is Br.COc1cccc(OC)c1CN=C(N)Nc1nc(-c2ccccc2C(F)(F)F)cs1. The maximum atomic E-state index is 13.2. The Kier molecular flexibility index (Phi) is 8.28. The molecule has 0 aliphatic heterocycles. The Balaban J connectivity index is 0.00000341. The molecule has 0 saturated heterocycles. The van der Waals surface area contributed by atoms with E-state index in [4.69, 9.17) is 15.2 Å². The number of hydrogen-bond donors (Lipinski definition) is 2. The summed E-state index contributed by atoms with van der Waals surface area (Å²) in [6.07, 6.45) is -4.47. The summed E-state index contributed by atoms with van der Waals surface area (Å²) in [6, 6.07) is 10.6. The molecule has 166 valence electrons. The molecule has 0 radical (unpaired) electrons. The number of aromatic nitrogens is 1. The number of nitrogens with one attached hydrogen (secondary N) is 1. The summed E-state index contributed by atoms with van der Waals surface area (Å²) >= 11 is 1.13. The molecule has 0 spiro atoms. The minimum Gasteiger partial charge on any atom is -0.496 e. The van der Waals surface area contributed by atoms with Crippen LogP contribution in [0.4, 0.5) is 18.3 Å². The Morgan fingerprint density at radius 1 is 1.10 bits per heavy atom. The summed E-state index contributed by atoms with van der Waals surface area (Å²) in [6.45, 7) is 0.182. The first-order valence-corrected chi connectivity index (χ1v) is 9.60. The van der Waals surface area contributed by atoms with E-state index in [9.17, 15) is 13.2 Å². The summed E-state index contributed by atoms with van der Waals surface area (Å²) in [7, 11) is 3.08. The van der Waals surface area contributed by atoms with Gasteiger partial charge in [-0.2, -0.15) is 13.2 Å². The highest BCUT2D eigenvalue weighted by atomic mass is 79.9. The molecule has 11 heteroatoms. The zero-order valence-corrected chi connectivity index (χ0v) is 19.1. The van der Waals surface area contributed by atoms with E-state index in [2.05, 4.69) is 15.3 Å². The highest BCUT2D eigenvalue weighted by Gasteiger charge is 2.33. The topological polar surface area (TPSA) is 81.8 Å². The molecule has 2 aromatic carbocycles. The Hall–Kier alpha value is -2.79. The van der Waals surface area contributed by atoms with Gasteiger partial charge in [0.15, 0.2) is 11.1 Å². The number of alkyl halides is 3. The Morgan fingerprint density at radius 2 is 1.74 bits per heavy atom. The van der Waals surface area contributed by atoms with Crippen LogP contribution < -0.4 is 20.5 Å². The molecule has 3 N–H and O–H groups in total. The summed E-state index contributed by atoms with van der Waals surface area (Å²) in [5.74, 6) is 1.27. The van der Waals surface area contributed by atoms with Crippen LogP contribution in [0, 0.1) is 0 Å². The second-order valence-corrected chi connectivity index (χ2v) is 6.91. The van der Waals surface area contributed by atoms with Gasteiger partial charge in [0.05, 0.1) is 37.6 Å². The number of aliphatic imine (C=N–C) groups is 1. The van der Waals surface area contributed by atoms with Crippen LogP contribution in [0.25, 0.3) is 11.3 Å². The summed E-state index contributed by atoms with van der Waals surface area (Å²) in [5.41, 5.74) is 6.10. The average Bonchev–Trinajstić information content (AvgIpc) is 3.19. The average molecular weight is 517 g/mol. The minimum absolute atomic E-state index is 0. The van der Waals surface area contributed by atoms with Crippen LogP contribution in [0.2, 0.25) is 0 Å². The molecule has 0 fully saturated rings. The molecule has 0 bridgehead atoms. The lowest BCUT2D eigenvalue weighted by atomic mass is 10.1. The van der Waals surface area contributed by atoms with Gasteiger partial charge in [-0.3, -0.25) is 0 Å². The summed E-state index contributed by atoms with van der Waals surface area (Å²) < 4.78 is 50.3. The number of hydrogen-bond acceptors (Lipinski definition) is 5. The highest BCUT2D eigenvalue weighted by molar-refractivity contribution is 8.93. The zero-order chi connectivity index (χ0) is 21.7. The van der Waals surface area contributed by atoms with E-state index in [0.29, 0.717) is 22.2 Å². The van der Waals surface area contributed by atoms with Crippen LogP contribution in [-0.4, -0.2) is 25.2 Å². The van der Waals surface area contributed by atoms with Gasteiger partial charge in [-0.25, -0.2) is 9.98 Å². The molecule has 0 atom stereocenters. The van der Waals surface area contributed by atoms with E-state index in [1.165, 1.54) is 23.6 Å². The van der Waals surface area contributed by atoms with E-state index in [1.54, 1.807) is 32.4 Å². The number of guanidine groups is 1. The van der Waals surface area contributed by atoms with Gasteiger partial charge in [0.25, 0.3) is 0 Å². The maximum Gasteiger partial charge on any atom is 0.417 e. The third kappa shape index (κ3) is 5.88. The second kappa shape index (κ2) is 10.5. The van der Waals surface area contributed by atoms with Crippen LogP contribution in [0.3, 0.4) is 0 Å². The van der Waals surface area contributed by atoms with Gasteiger partial charge < -0.3 is 20.5 Å². The van der Waals surface area contributed by atoms with Crippen LogP contribution in [0.15, 0.2) is 52.8 Å². The Bertz CT molecular complexity index is 1030. The molecule has 0 unspecified atom stereocenters. The van der Waals surface area contributed by atoms with Crippen molar-refractivity contribution in [1.29, 1.82) is 0 Å². The first-order valence-electron chi connectivity index (χ1n) is 8.72. The monoisotopic (exact) mass is 516 g/mol. The van der Waals surface area contributed by atoms with Crippen LogP contribution in [0.5, 0.6) is 11.5 Å². The van der Waals surface area contributed by atoms with Gasteiger partial charge in [-0.15, -0.1) is 28.3 Å². The van der Waals surface area contributed by atoms with Crippen molar-refractivity contribution < 1.29 is 22.6 Å². The van der Waals surface area contributed by atoms with E-state index in [-0.39, 0.29) is 40.7 Å². The molecule has 0 saturated carbocycles. The van der Waals surface area contributed by atoms with Gasteiger partial charge in [-0.05, 0) is 18.2 Å². The number of nitrogens with zero attached hydrogens (tertiary/aromatic N) is 2. The molecular weight excluding hydrogens is 497 g/mol. The van der Waals surface area contributed by atoms with Crippen molar-refractivity contribution in [2.24, 2.45) is 10.7 Å². The Labute approximate surface area is 191 Å². The van der Waals surface area contributed by atoms with Gasteiger partial charge >= 0.3 is 6.18 Å². The predicted octanol–water partition coefficient (Wildman–Crippen LogP) is 5.35. The van der Waals surface area contributed by atoms with Crippen molar-refractivity contribution in [3.63, 3.8) is 0 Å². The lowest BCUT2D eigenvalue weighted by molar-refractivity contribution is -0.137. The standard InChI is InChI=1S/C20H19F3N4O2S.BrH/c1-28-16-8-5-9-17(29-2)13(16)10-25-18(24)27-19-26-15(11-30-19)12-6-3-4-7-14(12)20(21,22)23;/h3-9,11H,10H2,1-2H3,(H3,24,25,26,27);1H. The van der Waals surface area contributed by atoms with E-state index >= 15 is 0 Å². The number of anilines is 1. The van der Waals surface area contributed by atoms with Crippen molar-refractivity contribution in [2.75, 3.05) is 19.5 Å². The fraction of sp³-hybridized carbons (Fsp3) is 0.200. The molecule has 3 aromatic rings. The van der Waals surface area contributed by atoms with Gasteiger partial charge in [0, 0.05) is 10.9 Å². The van der Waals surface area contributed by atoms with Crippen molar-refractivity contribution >= 4 is 39.4 Å². The first-order chi connectivity index (χ1) is 14.3. The fourth-order valence-electron chi connectivity index (χ4n) is 2.81. The second-order valence-electron chi connectivity index (χ2n) is 6.05. The number of halogens is 4. The summed E-state index contributed by atoms with van der Waals surface area (Å²) in [5, 5.41) is 4.67. The van der Waals surface area contributed by atoms with Crippen molar-refractivity contribution in [2.45, 2.75) is 12.7 Å². The van der Waals surface area contributed by atoms with Gasteiger partial charge in [0.2, 0.25) is 0 Å². The molecule has 3 rings (SSSR count). The third-order valence-electron chi connectivity index (χ3n) is 4.19. The number of benzene rings is 2. The number of thiazole rings is 1. The quantitative estimate of drug-likeness (QED) is 0.340. The highest BCUT2D eigenvalue weighted by Crippen LogP contribution is 2.37. The molecule has 6 nitrogen and oxygen atoms in total. The zero-order valence-electron chi connectivity index (χ0n) is 16.6. The predicted molar refractivity (Wildman–Crippen MR) is 121 cm³/mol. The lowest BCUT2D eigenvalue weighted by Gasteiger charge is -2.11. The normalized spacial score (nSPS) is 11.6. The molecule has 1 aromatic heterocycles.